The lowest BCUT2D eigenvalue weighted by Gasteiger charge is -2.31. The molecule has 0 saturated heterocycles. The maximum Gasteiger partial charge on any atom is 0.101 e. The highest BCUT2D eigenvalue weighted by molar-refractivity contribution is 5.60. The van der Waals surface area contributed by atoms with Gasteiger partial charge >= 0.3 is 0 Å². The Balaban J connectivity index is 2.15. The average Bonchev–Trinajstić information content (AvgIpc) is 2.23. The largest absolute Gasteiger partial charge is 0.373 e. The molecule has 1 aromatic rings. The van der Waals surface area contributed by atoms with Gasteiger partial charge in [-0.25, -0.2) is 0 Å². The second-order valence-electron chi connectivity index (χ2n) is 4.81. The molecule has 1 aromatic carbocycles. The fraction of sp³-hybridized carbons (Fsp3) is 0.500. The minimum atomic E-state index is 0.793. The van der Waals surface area contributed by atoms with Crippen LogP contribution in [-0.4, -0.2) is 13.6 Å². The zero-order chi connectivity index (χ0) is 11.5. The number of hydrogen-bond donors (Lipinski definition) is 0. The van der Waals surface area contributed by atoms with E-state index in [-0.39, 0.29) is 0 Å². The Morgan fingerprint density at radius 1 is 1.44 bits per heavy atom. The number of nitrogens with zero attached hydrogens (tertiary/aromatic N) is 2. The van der Waals surface area contributed by atoms with E-state index in [2.05, 4.69) is 30.1 Å². The molecule has 0 radical (unpaired) electrons. The summed E-state index contributed by atoms with van der Waals surface area (Å²) in [6.45, 7) is 3.11. The van der Waals surface area contributed by atoms with E-state index < -0.39 is 0 Å². The standard InChI is InChI=1S/C14H18N2/c1-11-6-7-14(13(8-11)9-15)16(2)10-12-4-3-5-12/h6-8,12H,3-5,10H2,1-2H3. The molecule has 0 amide bonds. The van der Waals surface area contributed by atoms with Gasteiger partial charge in [0, 0.05) is 13.6 Å². The molecule has 0 spiro atoms. The Hall–Kier alpha value is -1.49. The molecule has 0 bridgehead atoms. The van der Waals surface area contributed by atoms with E-state index in [0.29, 0.717) is 0 Å². The Labute approximate surface area is 97.5 Å². The molecule has 1 fully saturated rings. The number of anilines is 1. The molecule has 1 aliphatic rings. The van der Waals surface area contributed by atoms with Crippen molar-refractivity contribution in [3.8, 4) is 6.07 Å². The zero-order valence-electron chi connectivity index (χ0n) is 10.0. The SMILES string of the molecule is Cc1ccc(N(C)CC2CCC2)c(C#N)c1. The first kappa shape index (κ1) is 11.0. The number of hydrogen-bond acceptors (Lipinski definition) is 2. The average molecular weight is 214 g/mol. The summed E-state index contributed by atoms with van der Waals surface area (Å²) in [5, 5.41) is 9.12. The molecule has 0 unspecified atom stereocenters. The molecular formula is C14H18N2. The third-order valence-electron chi connectivity index (χ3n) is 3.44. The van der Waals surface area contributed by atoms with Gasteiger partial charge in [-0.3, -0.25) is 0 Å². The molecule has 2 rings (SSSR count). The van der Waals surface area contributed by atoms with Crippen molar-refractivity contribution in [2.24, 2.45) is 5.92 Å². The smallest absolute Gasteiger partial charge is 0.101 e. The van der Waals surface area contributed by atoms with E-state index >= 15 is 0 Å². The van der Waals surface area contributed by atoms with E-state index in [1.54, 1.807) is 0 Å². The first-order valence-electron chi connectivity index (χ1n) is 5.92. The van der Waals surface area contributed by atoms with E-state index in [9.17, 15) is 0 Å². The van der Waals surface area contributed by atoms with E-state index in [1.165, 1.54) is 19.3 Å². The van der Waals surface area contributed by atoms with Crippen LogP contribution in [0, 0.1) is 24.2 Å². The molecule has 2 nitrogen and oxygen atoms in total. The van der Waals surface area contributed by atoms with Gasteiger partial charge in [0.05, 0.1) is 11.3 Å². The molecular weight excluding hydrogens is 196 g/mol. The second kappa shape index (κ2) is 4.57. The minimum absolute atomic E-state index is 0.793. The van der Waals surface area contributed by atoms with Crippen LogP contribution in [0.15, 0.2) is 18.2 Å². The number of benzene rings is 1. The molecule has 1 aliphatic carbocycles. The Morgan fingerprint density at radius 2 is 2.19 bits per heavy atom. The van der Waals surface area contributed by atoms with Crippen LogP contribution in [0.25, 0.3) is 0 Å². The Morgan fingerprint density at radius 3 is 2.75 bits per heavy atom. The Bertz CT molecular complexity index is 413. The van der Waals surface area contributed by atoms with Crippen LogP contribution in [0.2, 0.25) is 0 Å². The minimum Gasteiger partial charge on any atom is -0.373 e. The van der Waals surface area contributed by atoms with Gasteiger partial charge in [0.15, 0.2) is 0 Å². The first-order valence-corrected chi connectivity index (χ1v) is 5.92. The van der Waals surface area contributed by atoms with E-state index in [0.717, 1.165) is 29.3 Å². The van der Waals surface area contributed by atoms with E-state index in [4.69, 9.17) is 5.26 Å². The highest BCUT2D eigenvalue weighted by atomic mass is 15.1. The van der Waals surface area contributed by atoms with Crippen LogP contribution in [-0.2, 0) is 0 Å². The molecule has 0 N–H and O–H groups in total. The molecule has 0 atom stereocenters. The second-order valence-corrected chi connectivity index (χ2v) is 4.81. The fourth-order valence-corrected chi connectivity index (χ4v) is 2.23. The number of rotatable bonds is 3. The van der Waals surface area contributed by atoms with Crippen LogP contribution in [0.5, 0.6) is 0 Å². The van der Waals surface area contributed by atoms with Crippen LogP contribution < -0.4 is 4.90 Å². The topological polar surface area (TPSA) is 27.0 Å². The maximum absolute atomic E-state index is 9.12. The van der Waals surface area contributed by atoms with Gasteiger partial charge < -0.3 is 4.90 Å². The summed E-state index contributed by atoms with van der Waals surface area (Å²) in [5.41, 5.74) is 3.01. The molecule has 0 aliphatic heterocycles. The van der Waals surface area contributed by atoms with Crippen molar-refractivity contribution in [1.82, 2.24) is 0 Å². The predicted octanol–water partition coefficient (Wildman–Crippen LogP) is 3.10. The van der Waals surface area contributed by atoms with Crippen LogP contribution in [0.3, 0.4) is 0 Å². The van der Waals surface area contributed by atoms with Crippen molar-refractivity contribution in [3.63, 3.8) is 0 Å². The van der Waals surface area contributed by atoms with Crippen LogP contribution in [0.1, 0.15) is 30.4 Å². The third-order valence-corrected chi connectivity index (χ3v) is 3.44. The summed E-state index contributed by atoms with van der Waals surface area (Å²) in [4.78, 5) is 2.22. The summed E-state index contributed by atoms with van der Waals surface area (Å²) in [5.74, 6) is 0.831. The molecule has 84 valence electrons. The summed E-state index contributed by atoms with van der Waals surface area (Å²) in [6.07, 6.45) is 4.06. The lowest BCUT2D eigenvalue weighted by Crippen LogP contribution is -2.29. The lowest BCUT2D eigenvalue weighted by molar-refractivity contribution is 0.321. The number of aryl methyl sites for hydroxylation is 1. The van der Waals surface area contributed by atoms with Gasteiger partial charge in [-0.15, -0.1) is 0 Å². The third kappa shape index (κ3) is 2.19. The number of nitriles is 1. The van der Waals surface area contributed by atoms with Crippen LogP contribution in [0.4, 0.5) is 5.69 Å². The van der Waals surface area contributed by atoms with Crippen molar-refractivity contribution < 1.29 is 0 Å². The highest BCUT2D eigenvalue weighted by Gasteiger charge is 2.20. The summed E-state index contributed by atoms with van der Waals surface area (Å²) < 4.78 is 0. The maximum atomic E-state index is 9.12. The van der Waals surface area contributed by atoms with Crippen molar-refractivity contribution in [2.45, 2.75) is 26.2 Å². The molecule has 0 aromatic heterocycles. The van der Waals surface area contributed by atoms with Gasteiger partial charge in [0.1, 0.15) is 6.07 Å². The van der Waals surface area contributed by atoms with Crippen molar-refractivity contribution in [3.05, 3.63) is 29.3 Å². The first-order chi connectivity index (χ1) is 7.70. The van der Waals surface area contributed by atoms with Crippen molar-refractivity contribution in [1.29, 1.82) is 5.26 Å². The normalized spacial score (nSPS) is 15.3. The zero-order valence-corrected chi connectivity index (χ0v) is 10.0. The van der Waals surface area contributed by atoms with Crippen molar-refractivity contribution >= 4 is 5.69 Å². The van der Waals surface area contributed by atoms with Gasteiger partial charge in [-0.2, -0.15) is 5.26 Å². The quantitative estimate of drug-likeness (QED) is 0.773. The lowest BCUT2D eigenvalue weighted by atomic mass is 9.85. The molecule has 1 saturated carbocycles. The highest BCUT2D eigenvalue weighted by Crippen LogP contribution is 2.29. The van der Waals surface area contributed by atoms with Gasteiger partial charge in [-0.05, 0) is 43.4 Å². The van der Waals surface area contributed by atoms with Crippen molar-refractivity contribution in [2.75, 3.05) is 18.5 Å². The fourth-order valence-electron chi connectivity index (χ4n) is 2.23. The van der Waals surface area contributed by atoms with Gasteiger partial charge in [0.25, 0.3) is 0 Å². The van der Waals surface area contributed by atoms with E-state index in [1.807, 2.05) is 13.0 Å². The molecule has 2 heteroatoms. The molecule has 16 heavy (non-hydrogen) atoms. The summed E-state index contributed by atoms with van der Waals surface area (Å²) in [6, 6.07) is 8.39. The van der Waals surface area contributed by atoms with Gasteiger partial charge in [-0.1, -0.05) is 12.5 Å². The predicted molar refractivity (Wildman–Crippen MR) is 66.5 cm³/mol. The summed E-state index contributed by atoms with van der Waals surface area (Å²) >= 11 is 0. The van der Waals surface area contributed by atoms with Gasteiger partial charge in [0.2, 0.25) is 0 Å². The monoisotopic (exact) mass is 214 g/mol. The molecule has 0 heterocycles. The van der Waals surface area contributed by atoms with Crippen LogP contribution >= 0.6 is 0 Å². The summed E-state index contributed by atoms with van der Waals surface area (Å²) in [7, 11) is 2.09. The Kier molecular flexibility index (Phi) is 3.14.